The lowest BCUT2D eigenvalue weighted by Gasteiger charge is -2.11. The van der Waals surface area contributed by atoms with Gasteiger partial charge < -0.3 is 16.0 Å². The summed E-state index contributed by atoms with van der Waals surface area (Å²) in [5.41, 5.74) is 2.20. The van der Waals surface area contributed by atoms with Crippen molar-refractivity contribution in [2.75, 3.05) is 32.4 Å². The first kappa shape index (κ1) is 26.9. The van der Waals surface area contributed by atoms with Crippen molar-refractivity contribution in [1.29, 1.82) is 0 Å². The zero-order chi connectivity index (χ0) is 21.8. The molecule has 0 fully saturated rings. The van der Waals surface area contributed by atoms with Gasteiger partial charge in [-0.25, -0.2) is 13.4 Å². The van der Waals surface area contributed by atoms with Crippen molar-refractivity contribution in [3.8, 4) is 0 Å². The molecular weight excluding hydrogens is 527 g/mol. The minimum absolute atomic E-state index is 0. The van der Waals surface area contributed by atoms with Crippen molar-refractivity contribution in [1.82, 2.24) is 16.0 Å². The second-order valence-electron chi connectivity index (χ2n) is 6.87. The molecule has 2 aromatic carbocycles. The number of aliphatic imine (C=N–C) groups is 1. The fourth-order valence-corrected chi connectivity index (χ4v) is 3.40. The SMILES string of the molecule is CCNC(=NCC(=O)NCCc1ccccc1)NCCc1ccc(S(C)(=O)=O)cc1.I. The molecule has 0 unspecified atom stereocenters. The number of rotatable bonds is 10. The number of sulfone groups is 1. The van der Waals surface area contributed by atoms with Gasteiger partial charge in [0.2, 0.25) is 5.91 Å². The number of hydrogen-bond acceptors (Lipinski definition) is 4. The summed E-state index contributed by atoms with van der Waals surface area (Å²) < 4.78 is 23.0. The summed E-state index contributed by atoms with van der Waals surface area (Å²) in [4.78, 5) is 16.7. The van der Waals surface area contributed by atoms with Crippen LogP contribution in [-0.2, 0) is 27.5 Å². The van der Waals surface area contributed by atoms with Gasteiger partial charge in [0.25, 0.3) is 0 Å². The number of benzene rings is 2. The van der Waals surface area contributed by atoms with E-state index in [4.69, 9.17) is 0 Å². The fourth-order valence-electron chi connectivity index (χ4n) is 2.77. The zero-order valence-corrected chi connectivity index (χ0v) is 21.1. The van der Waals surface area contributed by atoms with Crippen LogP contribution in [-0.4, -0.2) is 52.7 Å². The predicted molar refractivity (Wildman–Crippen MR) is 136 cm³/mol. The number of carbonyl (C=O) groups excluding carboxylic acids is 1. The molecule has 0 aliphatic rings. The summed E-state index contributed by atoms with van der Waals surface area (Å²) in [6.45, 7) is 3.88. The lowest BCUT2D eigenvalue weighted by molar-refractivity contribution is -0.119. The highest BCUT2D eigenvalue weighted by molar-refractivity contribution is 14.0. The molecule has 0 saturated heterocycles. The van der Waals surface area contributed by atoms with Crippen LogP contribution in [0.3, 0.4) is 0 Å². The molecule has 2 aromatic rings. The van der Waals surface area contributed by atoms with Crippen LogP contribution in [0.4, 0.5) is 0 Å². The maximum Gasteiger partial charge on any atom is 0.241 e. The highest BCUT2D eigenvalue weighted by Gasteiger charge is 2.06. The zero-order valence-electron chi connectivity index (χ0n) is 17.9. The van der Waals surface area contributed by atoms with Crippen molar-refractivity contribution in [3.63, 3.8) is 0 Å². The Bertz CT molecular complexity index is 933. The summed E-state index contributed by atoms with van der Waals surface area (Å²) in [6, 6.07) is 16.8. The molecule has 0 radical (unpaired) electrons. The second kappa shape index (κ2) is 14.0. The normalized spacial score (nSPS) is 11.4. The average molecular weight is 558 g/mol. The predicted octanol–water partition coefficient (Wildman–Crippen LogP) is 2.16. The van der Waals surface area contributed by atoms with Gasteiger partial charge in [0, 0.05) is 25.9 Å². The molecule has 9 heteroatoms. The quantitative estimate of drug-likeness (QED) is 0.236. The first-order valence-electron chi connectivity index (χ1n) is 10.0. The molecule has 0 aliphatic heterocycles. The van der Waals surface area contributed by atoms with E-state index in [0.717, 1.165) is 12.0 Å². The highest BCUT2D eigenvalue weighted by Crippen LogP contribution is 2.10. The number of halogens is 1. The summed E-state index contributed by atoms with van der Waals surface area (Å²) in [5, 5.41) is 9.18. The van der Waals surface area contributed by atoms with Gasteiger partial charge >= 0.3 is 0 Å². The molecule has 2 rings (SSSR count). The van der Waals surface area contributed by atoms with Crippen molar-refractivity contribution < 1.29 is 13.2 Å². The van der Waals surface area contributed by atoms with E-state index in [1.165, 1.54) is 11.8 Å². The van der Waals surface area contributed by atoms with Crippen LogP contribution in [0.1, 0.15) is 18.1 Å². The maximum atomic E-state index is 12.0. The molecule has 7 nitrogen and oxygen atoms in total. The Kier molecular flexibility index (Phi) is 12.2. The van der Waals surface area contributed by atoms with Crippen LogP contribution in [0.5, 0.6) is 0 Å². The van der Waals surface area contributed by atoms with Gasteiger partial charge in [-0.1, -0.05) is 42.5 Å². The Balaban J connectivity index is 0.00000480. The van der Waals surface area contributed by atoms with Crippen molar-refractivity contribution in [2.24, 2.45) is 4.99 Å². The monoisotopic (exact) mass is 558 g/mol. The first-order chi connectivity index (χ1) is 14.4. The Labute approximate surface area is 202 Å². The molecule has 0 bridgehead atoms. The van der Waals surface area contributed by atoms with Crippen LogP contribution in [0.15, 0.2) is 64.5 Å². The van der Waals surface area contributed by atoms with E-state index >= 15 is 0 Å². The third-order valence-corrected chi connectivity index (χ3v) is 5.49. The van der Waals surface area contributed by atoms with E-state index in [2.05, 4.69) is 20.9 Å². The number of hydrogen-bond donors (Lipinski definition) is 3. The maximum absolute atomic E-state index is 12.0. The van der Waals surface area contributed by atoms with Gasteiger partial charge in [0.1, 0.15) is 6.54 Å². The molecule has 170 valence electrons. The Morgan fingerprint density at radius 1 is 0.871 bits per heavy atom. The average Bonchev–Trinajstić information content (AvgIpc) is 2.72. The van der Waals surface area contributed by atoms with Crippen LogP contribution in [0, 0.1) is 0 Å². The summed E-state index contributed by atoms with van der Waals surface area (Å²) in [6.07, 6.45) is 2.69. The largest absolute Gasteiger partial charge is 0.357 e. The van der Waals surface area contributed by atoms with E-state index in [0.29, 0.717) is 36.9 Å². The van der Waals surface area contributed by atoms with Gasteiger partial charge in [0.15, 0.2) is 15.8 Å². The smallest absolute Gasteiger partial charge is 0.241 e. The first-order valence-corrected chi connectivity index (χ1v) is 11.9. The van der Waals surface area contributed by atoms with E-state index in [9.17, 15) is 13.2 Å². The third kappa shape index (κ3) is 10.6. The molecule has 0 spiro atoms. The summed E-state index contributed by atoms with van der Waals surface area (Å²) in [5.74, 6) is 0.447. The summed E-state index contributed by atoms with van der Waals surface area (Å²) in [7, 11) is -3.18. The number of carbonyl (C=O) groups is 1. The molecule has 0 saturated carbocycles. The lowest BCUT2D eigenvalue weighted by atomic mass is 10.1. The molecule has 3 N–H and O–H groups in total. The van der Waals surface area contributed by atoms with Crippen LogP contribution >= 0.6 is 24.0 Å². The van der Waals surface area contributed by atoms with Gasteiger partial charge in [-0.05, 0) is 43.0 Å². The molecule has 0 aromatic heterocycles. The van der Waals surface area contributed by atoms with Crippen molar-refractivity contribution in [2.45, 2.75) is 24.7 Å². The molecule has 31 heavy (non-hydrogen) atoms. The van der Waals surface area contributed by atoms with Crippen LogP contribution in [0.2, 0.25) is 0 Å². The van der Waals surface area contributed by atoms with E-state index in [1.807, 2.05) is 49.4 Å². The molecule has 0 heterocycles. The van der Waals surface area contributed by atoms with Gasteiger partial charge in [0.05, 0.1) is 4.90 Å². The number of nitrogens with zero attached hydrogens (tertiary/aromatic N) is 1. The summed E-state index contributed by atoms with van der Waals surface area (Å²) >= 11 is 0. The van der Waals surface area contributed by atoms with E-state index < -0.39 is 9.84 Å². The molecule has 1 amide bonds. The Morgan fingerprint density at radius 2 is 1.45 bits per heavy atom. The standard InChI is InChI=1S/C22H30N4O3S.HI/c1-3-23-22(25-16-14-19-9-11-20(12-10-19)30(2,28)29)26-17-21(27)24-15-13-18-7-5-4-6-8-18;/h4-12H,3,13-17H2,1-2H3,(H,24,27)(H2,23,25,26);1H. The number of amides is 1. The van der Waals surface area contributed by atoms with Gasteiger partial charge in [-0.3, -0.25) is 4.79 Å². The molecule has 0 aliphatic carbocycles. The van der Waals surface area contributed by atoms with Crippen LogP contribution in [0.25, 0.3) is 0 Å². The minimum Gasteiger partial charge on any atom is -0.357 e. The van der Waals surface area contributed by atoms with Crippen molar-refractivity contribution >= 4 is 45.7 Å². The van der Waals surface area contributed by atoms with E-state index in [-0.39, 0.29) is 36.4 Å². The van der Waals surface area contributed by atoms with Crippen LogP contribution < -0.4 is 16.0 Å². The van der Waals surface area contributed by atoms with E-state index in [1.54, 1.807) is 12.1 Å². The van der Waals surface area contributed by atoms with Gasteiger partial charge in [-0.15, -0.1) is 24.0 Å². The number of nitrogens with one attached hydrogen (secondary N) is 3. The second-order valence-corrected chi connectivity index (χ2v) is 8.89. The minimum atomic E-state index is -3.18. The van der Waals surface area contributed by atoms with Crippen molar-refractivity contribution in [3.05, 3.63) is 65.7 Å². The Morgan fingerprint density at radius 3 is 2.03 bits per heavy atom. The molecule has 0 atom stereocenters. The number of guanidine groups is 1. The molecular formula is C22H31IN4O3S. The topological polar surface area (TPSA) is 99.7 Å². The third-order valence-electron chi connectivity index (χ3n) is 4.36. The lowest BCUT2D eigenvalue weighted by Crippen LogP contribution is -2.39. The highest BCUT2D eigenvalue weighted by atomic mass is 127. The Hall–Kier alpha value is -2.14. The van der Waals surface area contributed by atoms with Gasteiger partial charge in [-0.2, -0.15) is 0 Å². The fraction of sp³-hybridized carbons (Fsp3) is 0.364.